The molecule has 0 aliphatic heterocycles. The summed E-state index contributed by atoms with van der Waals surface area (Å²) in [6.45, 7) is 0.302. The van der Waals surface area contributed by atoms with E-state index in [-0.39, 0.29) is 11.7 Å². The van der Waals surface area contributed by atoms with Crippen LogP contribution in [0.15, 0.2) is 76.2 Å². The Morgan fingerprint density at radius 1 is 1.15 bits per heavy atom. The SMILES string of the molecule is COc1ccc(C=NNC(=O)CSc2nc3ccccc3s2)cc1OCc1ccccc1Cl. The number of hydrogen-bond donors (Lipinski definition) is 1. The summed E-state index contributed by atoms with van der Waals surface area (Å²) < 4.78 is 13.2. The van der Waals surface area contributed by atoms with Gasteiger partial charge in [0.1, 0.15) is 6.61 Å². The lowest BCUT2D eigenvalue weighted by molar-refractivity contribution is -0.118. The summed E-state index contributed by atoms with van der Waals surface area (Å²) in [6.07, 6.45) is 1.56. The van der Waals surface area contributed by atoms with Gasteiger partial charge in [0.2, 0.25) is 0 Å². The van der Waals surface area contributed by atoms with E-state index in [0.717, 1.165) is 25.7 Å². The van der Waals surface area contributed by atoms with E-state index < -0.39 is 0 Å². The monoisotopic (exact) mass is 497 g/mol. The number of benzene rings is 3. The first-order chi connectivity index (χ1) is 16.1. The van der Waals surface area contributed by atoms with Crippen molar-refractivity contribution < 1.29 is 14.3 Å². The zero-order chi connectivity index (χ0) is 23.0. The summed E-state index contributed by atoms with van der Waals surface area (Å²) in [5.74, 6) is 1.17. The maximum Gasteiger partial charge on any atom is 0.250 e. The number of carbonyl (C=O) groups excluding carboxylic acids is 1. The molecule has 0 aliphatic rings. The van der Waals surface area contributed by atoms with Crippen LogP contribution in [0.2, 0.25) is 5.02 Å². The third-order valence-corrected chi connectivity index (χ3v) is 7.08. The maximum atomic E-state index is 12.2. The number of carbonyl (C=O) groups is 1. The Hall–Kier alpha value is -3.07. The molecule has 1 heterocycles. The van der Waals surface area contributed by atoms with E-state index in [2.05, 4.69) is 15.5 Å². The maximum absolute atomic E-state index is 12.2. The number of hydrazone groups is 1. The number of thiazole rings is 1. The molecule has 4 rings (SSSR count). The molecule has 6 nitrogen and oxygen atoms in total. The highest BCUT2D eigenvalue weighted by Crippen LogP contribution is 2.30. The van der Waals surface area contributed by atoms with Crippen molar-refractivity contribution in [1.29, 1.82) is 0 Å². The van der Waals surface area contributed by atoms with Crippen molar-refractivity contribution in [3.8, 4) is 11.5 Å². The number of amides is 1. The zero-order valence-corrected chi connectivity index (χ0v) is 20.0. The Bertz CT molecular complexity index is 1260. The average Bonchev–Trinajstić information content (AvgIpc) is 3.25. The second kappa shape index (κ2) is 11.2. The van der Waals surface area contributed by atoms with Gasteiger partial charge >= 0.3 is 0 Å². The molecule has 0 spiro atoms. The van der Waals surface area contributed by atoms with Crippen LogP contribution >= 0.6 is 34.7 Å². The van der Waals surface area contributed by atoms with Crippen LogP contribution in [0, 0.1) is 0 Å². The highest BCUT2D eigenvalue weighted by molar-refractivity contribution is 8.01. The molecule has 0 fully saturated rings. The molecule has 0 radical (unpaired) electrons. The third-order valence-electron chi connectivity index (χ3n) is 4.53. The van der Waals surface area contributed by atoms with Crippen LogP contribution in [0.3, 0.4) is 0 Å². The van der Waals surface area contributed by atoms with Gasteiger partial charge in [-0.3, -0.25) is 4.79 Å². The Balaban J connectivity index is 1.32. The fourth-order valence-electron chi connectivity index (χ4n) is 2.91. The normalized spacial score (nSPS) is 11.1. The van der Waals surface area contributed by atoms with Crippen LogP contribution in [-0.4, -0.2) is 30.0 Å². The number of para-hydroxylation sites is 1. The predicted octanol–water partition coefficient (Wildman–Crippen LogP) is 5.78. The zero-order valence-electron chi connectivity index (χ0n) is 17.7. The van der Waals surface area contributed by atoms with Crippen molar-refractivity contribution >= 4 is 57.0 Å². The third kappa shape index (κ3) is 6.25. The van der Waals surface area contributed by atoms with Crippen LogP contribution in [-0.2, 0) is 11.4 Å². The number of hydrogen-bond acceptors (Lipinski definition) is 7. The summed E-state index contributed by atoms with van der Waals surface area (Å²) in [5, 5.41) is 4.69. The second-order valence-electron chi connectivity index (χ2n) is 6.82. The molecular formula is C24H20ClN3O3S2. The van der Waals surface area contributed by atoms with Crippen molar-refractivity contribution in [3.05, 3.63) is 82.9 Å². The molecule has 3 aromatic carbocycles. The van der Waals surface area contributed by atoms with Gasteiger partial charge < -0.3 is 9.47 Å². The van der Waals surface area contributed by atoms with Crippen LogP contribution in [0.5, 0.6) is 11.5 Å². The van der Waals surface area contributed by atoms with E-state index >= 15 is 0 Å². The standard InChI is InChI=1S/C24H20ClN3O3S2/c1-30-20-11-10-16(12-21(20)31-14-17-6-2-3-7-18(17)25)13-26-28-23(29)15-32-24-27-19-8-4-5-9-22(19)33-24/h2-13H,14-15H2,1H3,(H,28,29). The summed E-state index contributed by atoms with van der Waals surface area (Å²) in [5.41, 5.74) is 5.11. The minimum Gasteiger partial charge on any atom is -0.493 e. The van der Waals surface area contributed by atoms with Gasteiger partial charge in [0, 0.05) is 10.6 Å². The number of thioether (sulfide) groups is 1. The molecule has 4 aromatic rings. The van der Waals surface area contributed by atoms with Gasteiger partial charge in [-0.05, 0) is 42.0 Å². The van der Waals surface area contributed by atoms with E-state index in [9.17, 15) is 4.79 Å². The molecule has 0 bridgehead atoms. The highest BCUT2D eigenvalue weighted by atomic mass is 35.5. The minimum atomic E-state index is -0.209. The van der Waals surface area contributed by atoms with Crippen molar-refractivity contribution in [2.24, 2.45) is 5.10 Å². The minimum absolute atomic E-state index is 0.209. The first kappa shape index (κ1) is 23.1. The smallest absolute Gasteiger partial charge is 0.250 e. The number of ether oxygens (including phenoxy) is 2. The molecule has 9 heteroatoms. The number of nitrogens with zero attached hydrogens (tertiary/aromatic N) is 2. The van der Waals surface area contributed by atoms with Gasteiger partial charge in [0.05, 0.1) is 29.3 Å². The lowest BCUT2D eigenvalue weighted by Gasteiger charge is -2.12. The number of halogens is 1. The van der Waals surface area contributed by atoms with Gasteiger partial charge in [-0.1, -0.05) is 53.7 Å². The van der Waals surface area contributed by atoms with Crippen molar-refractivity contribution in [2.45, 2.75) is 10.9 Å². The number of rotatable bonds is 9. The Morgan fingerprint density at radius 2 is 1.97 bits per heavy atom. The molecule has 0 atom stereocenters. The summed E-state index contributed by atoms with van der Waals surface area (Å²) in [4.78, 5) is 16.7. The molecule has 0 unspecified atom stereocenters. The molecule has 168 valence electrons. The Morgan fingerprint density at radius 3 is 2.79 bits per heavy atom. The van der Waals surface area contributed by atoms with E-state index in [0.29, 0.717) is 23.1 Å². The molecule has 0 saturated carbocycles. The quantitative estimate of drug-likeness (QED) is 0.180. The van der Waals surface area contributed by atoms with Crippen molar-refractivity contribution in [3.63, 3.8) is 0 Å². The van der Waals surface area contributed by atoms with Crippen molar-refractivity contribution in [2.75, 3.05) is 12.9 Å². The van der Waals surface area contributed by atoms with Gasteiger partial charge in [0.15, 0.2) is 15.8 Å². The fourth-order valence-corrected chi connectivity index (χ4v) is 4.96. The predicted molar refractivity (Wildman–Crippen MR) is 135 cm³/mol. The molecule has 1 aromatic heterocycles. The van der Waals surface area contributed by atoms with Gasteiger partial charge in [-0.25, -0.2) is 10.4 Å². The number of aromatic nitrogens is 1. The van der Waals surface area contributed by atoms with Crippen LogP contribution in [0.4, 0.5) is 0 Å². The second-order valence-corrected chi connectivity index (χ2v) is 9.48. The van der Waals surface area contributed by atoms with Gasteiger partial charge in [-0.15, -0.1) is 11.3 Å². The Labute approximate surface area is 204 Å². The molecule has 1 N–H and O–H groups in total. The van der Waals surface area contributed by atoms with E-state index in [1.54, 1.807) is 36.8 Å². The molecule has 0 aliphatic carbocycles. The average molecular weight is 498 g/mol. The van der Waals surface area contributed by atoms with Crippen LogP contribution < -0.4 is 14.9 Å². The van der Waals surface area contributed by atoms with Crippen LogP contribution in [0.1, 0.15) is 11.1 Å². The number of methoxy groups -OCH3 is 1. The lowest BCUT2D eigenvalue weighted by atomic mass is 10.2. The van der Waals surface area contributed by atoms with E-state index in [1.165, 1.54) is 11.8 Å². The number of fused-ring (bicyclic) bond motifs is 1. The van der Waals surface area contributed by atoms with Crippen molar-refractivity contribution in [1.82, 2.24) is 10.4 Å². The molecule has 33 heavy (non-hydrogen) atoms. The summed E-state index contributed by atoms with van der Waals surface area (Å²) in [6, 6.07) is 20.8. The topological polar surface area (TPSA) is 72.8 Å². The highest BCUT2D eigenvalue weighted by Gasteiger charge is 2.09. The van der Waals surface area contributed by atoms with Crippen LogP contribution in [0.25, 0.3) is 10.2 Å². The van der Waals surface area contributed by atoms with E-state index in [4.69, 9.17) is 21.1 Å². The fraction of sp³-hybridized carbons (Fsp3) is 0.125. The summed E-state index contributed by atoms with van der Waals surface area (Å²) >= 11 is 9.16. The molecule has 0 saturated heterocycles. The first-order valence-corrected chi connectivity index (χ1v) is 12.1. The summed E-state index contributed by atoms with van der Waals surface area (Å²) in [7, 11) is 1.58. The lowest BCUT2D eigenvalue weighted by Crippen LogP contribution is -2.19. The van der Waals surface area contributed by atoms with Gasteiger partial charge in [0.25, 0.3) is 5.91 Å². The number of nitrogens with one attached hydrogen (secondary N) is 1. The largest absolute Gasteiger partial charge is 0.493 e. The molecular weight excluding hydrogens is 478 g/mol. The van der Waals surface area contributed by atoms with E-state index in [1.807, 2.05) is 54.6 Å². The first-order valence-electron chi connectivity index (χ1n) is 9.97. The Kier molecular flexibility index (Phi) is 7.83. The van der Waals surface area contributed by atoms with Gasteiger partial charge in [-0.2, -0.15) is 5.10 Å². The molecule has 1 amide bonds.